The van der Waals surface area contributed by atoms with Crippen LogP contribution in [0, 0.1) is 5.92 Å². The molecule has 0 heterocycles. The number of Topliss-reactive ketones (excluding diaryl/α,β-unsaturated/α-hetero) is 1. The summed E-state index contributed by atoms with van der Waals surface area (Å²) in [7, 11) is 0. The summed E-state index contributed by atoms with van der Waals surface area (Å²) in [5, 5.41) is 1.05. The van der Waals surface area contributed by atoms with Crippen LogP contribution >= 0.6 is 15.9 Å². The van der Waals surface area contributed by atoms with Crippen molar-refractivity contribution in [3.63, 3.8) is 0 Å². The Labute approximate surface area is 71.3 Å². The number of hydrogen-bond donors (Lipinski definition) is 0. The van der Waals surface area contributed by atoms with Gasteiger partial charge in [-0.3, -0.25) is 4.79 Å². The van der Waals surface area contributed by atoms with Crippen LogP contribution in [-0.2, 0) is 4.79 Å². The second-order valence-corrected chi connectivity index (χ2v) is 3.49. The minimum atomic E-state index is 0.263. The maximum Gasteiger partial charge on any atom is 0.132 e. The highest BCUT2D eigenvalue weighted by molar-refractivity contribution is 9.09. The fourth-order valence-electron chi connectivity index (χ4n) is 0.748. The lowest BCUT2D eigenvalue weighted by Crippen LogP contribution is -2.05. The number of alkyl halides is 1. The monoisotopic (exact) mass is 206 g/mol. The van der Waals surface area contributed by atoms with Crippen molar-refractivity contribution in [2.45, 2.75) is 33.1 Å². The van der Waals surface area contributed by atoms with Gasteiger partial charge in [-0.05, 0) is 19.8 Å². The number of rotatable bonds is 5. The first-order chi connectivity index (χ1) is 4.68. The molecule has 0 aliphatic rings. The second kappa shape index (κ2) is 5.90. The smallest absolute Gasteiger partial charge is 0.132 e. The molecule has 0 amide bonds. The van der Waals surface area contributed by atoms with Gasteiger partial charge in [-0.15, -0.1) is 0 Å². The first-order valence-electron chi connectivity index (χ1n) is 3.75. The maximum atomic E-state index is 10.7. The molecule has 0 rings (SSSR count). The summed E-state index contributed by atoms with van der Waals surface area (Å²) in [6, 6.07) is 0. The van der Waals surface area contributed by atoms with E-state index in [9.17, 15) is 4.79 Å². The quantitative estimate of drug-likeness (QED) is 0.500. The fraction of sp³-hybridized carbons (Fsp3) is 0.875. The molecule has 0 bridgehead atoms. The number of carbonyl (C=O) groups excluding carboxylic acids is 1. The minimum absolute atomic E-state index is 0.263. The molecule has 1 atom stereocenters. The van der Waals surface area contributed by atoms with Crippen molar-refractivity contribution in [2.75, 3.05) is 5.33 Å². The van der Waals surface area contributed by atoms with Crippen LogP contribution in [0.3, 0.4) is 0 Å². The zero-order valence-electron chi connectivity index (χ0n) is 6.69. The predicted octanol–water partition coefficient (Wildman–Crippen LogP) is 2.78. The van der Waals surface area contributed by atoms with Crippen molar-refractivity contribution < 1.29 is 4.79 Å². The molecule has 0 aromatic carbocycles. The van der Waals surface area contributed by atoms with Crippen LogP contribution in [0.15, 0.2) is 0 Å². The van der Waals surface area contributed by atoms with Crippen LogP contribution in [0.5, 0.6) is 0 Å². The molecule has 0 unspecified atom stereocenters. The second-order valence-electron chi connectivity index (χ2n) is 2.70. The van der Waals surface area contributed by atoms with E-state index in [1.807, 2.05) is 6.92 Å². The summed E-state index contributed by atoms with van der Waals surface area (Å²) in [6.45, 7) is 3.66. The van der Waals surface area contributed by atoms with Crippen molar-refractivity contribution >= 4 is 21.7 Å². The summed E-state index contributed by atoms with van der Waals surface area (Å²) in [5.41, 5.74) is 0. The molecule has 10 heavy (non-hydrogen) atoms. The van der Waals surface area contributed by atoms with Crippen molar-refractivity contribution in [1.82, 2.24) is 0 Å². The van der Waals surface area contributed by atoms with E-state index in [1.165, 1.54) is 6.42 Å². The molecule has 0 saturated heterocycles. The Morgan fingerprint density at radius 3 is 2.50 bits per heavy atom. The normalized spacial score (nSPS) is 13.1. The van der Waals surface area contributed by atoms with Gasteiger partial charge in [0, 0.05) is 11.2 Å². The SMILES string of the molecule is CC(=O)[C@@H](C)CCCCBr. The highest BCUT2D eigenvalue weighted by Crippen LogP contribution is 2.09. The minimum Gasteiger partial charge on any atom is -0.300 e. The van der Waals surface area contributed by atoms with Gasteiger partial charge < -0.3 is 0 Å². The van der Waals surface area contributed by atoms with E-state index in [-0.39, 0.29) is 5.92 Å². The van der Waals surface area contributed by atoms with E-state index in [2.05, 4.69) is 15.9 Å². The van der Waals surface area contributed by atoms with Crippen LogP contribution in [0.1, 0.15) is 33.1 Å². The van der Waals surface area contributed by atoms with E-state index >= 15 is 0 Å². The standard InChI is InChI=1S/C8H15BrO/c1-7(8(2)10)5-3-4-6-9/h7H,3-6H2,1-2H3/t7-/m0/s1. The maximum absolute atomic E-state index is 10.7. The molecular formula is C8H15BrO. The lowest BCUT2D eigenvalue weighted by atomic mass is 10.0. The molecule has 0 fully saturated rings. The van der Waals surface area contributed by atoms with Crippen molar-refractivity contribution in [3.8, 4) is 0 Å². The van der Waals surface area contributed by atoms with Crippen LogP contribution < -0.4 is 0 Å². The topological polar surface area (TPSA) is 17.1 Å². The summed E-state index contributed by atoms with van der Waals surface area (Å²) < 4.78 is 0. The zero-order valence-corrected chi connectivity index (χ0v) is 8.28. The van der Waals surface area contributed by atoms with E-state index in [0.29, 0.717) is 5.78 Å². The Morgan fingerprint density at radius 2 is 2.10 bits per heavy atom. The number of carbonyl (C=O) groups is 1. The molecule has 0 aliphatic heterocycles. The number of ketones is 1. The van der Waals surface area contributed by atoms with Crippen molar-refractivity contribution in [2.24, 2.45) is 5.92 Å². The van der Waals surface area contributed by atoms with Crippen LogP contribution in [0.25, 0.3) is 0 Å². The van der Waals surface area contributed by atoms with Gasteiger partial charge in [-0.1, -0.05) is 29.3 Å². The molecule has 1 nitrogen and oxygen atoms in total. The van der Waals surface area contributed by atoms with Gasteiger partial charge in [0.1, 0.15) is 5.78 Å². The van der Waals surface area contributed by atoms with Gasteiger partial charge in [0.25, 0.3) is 0 Å². The Kier molecular flexibility index (Phi) is 5.99. The lowest BCUT2D eigenvalue weighted by Gasteiger charge is -2.04. The van der Waals surface area contributed by atoms with E-state index < -0.39 is 0 Å². The first kappa shape index (κ1) is 10.2. The summed E-state index contributed by atoms with van der Waals surface area (Å²) in [4.78, 5) is 10.7. The number of unbranched alkanes of at least 4 members (excludes halogenated alkanes) is 1. The molecule has 0 saturated carbocycles. The molecule has 0 aromatic heterocycles. The number of hydrogen-bond acceptors (Lipinski definition) is 1. The van der Waals surface area contributed by atoms with Crippen molar-refractivity contribution in [1.29, 1.82) is 0 Å². The largest absolute Gasteiger partial charge is 0.300 e. The first-order valence-corrected chi connectivity index (χ1v) is 4.87. The molecule has 0 aromatic rings. The van der Waals surface area contributed by atoms with Gasteiger partial charge in [-0.2, -0.15) is 0 Å². The third-order valence-electron chi connectivity index (χ3n) is 1.71. The average molecular weight is 207 g/mol. The molecular weight excluding hydrogens is 192 g/mol. The van der Waals surface area contributed by atoms with Gasteiger partial charge in [0.05, 0.1) is 0 Å². The van der Waals surface area contributed by atoms with Gasteiger partial charge in [0.2, 0.25) is 0 Å². The zero-order chi connectivity index (χ0) is 7.98. The van der Waals surface area contributed by atoms with Crippen molar-refractivity contribution in [3.05, 3.63) is 0 Å². The third kappa shape index (κ3) is 4.98. The summed E-state index contributed by atoms with van der Waals surface area (Å²) in [6.07, 6.45) is 3.38. The van der Waals surface area contributed by atoms with E-state index in [1.54, 1.807) is 6.92 Å². The van der Waals surface area contributed by atoms with Crippen LogP contribution in [-0.4, -0.2) is 11.1 Å². The average Bonchev–Trinajstić information content (AvgIpc) is 1.88. The highest BCUT2D eigenvalue weighted by Gasteiger charge is 2.05. The lowest BCUT2D eigenvalue weighted by molar-refractivity contribution is -0.120. The van der Waals surface area contributed by atoms with Crippen LogP contribution in [0.2, 0.25) is 0 Å². The molecule has 0 aliphatic carbocycles. The summed E-state index contributed by atoms with van der Waals surface area (Å²) in [5.74, 6) is 0.577. The van der Waals surface area contributed by atoms with E-state index in [0.717, 1.165) is 18.2 Å². The Bertz CT molecular complexity index is 101. The molecule has 2 heteroatoms. The predicted molar refractivity (Wildman–Crippen MR) is 47.5 cm³/mol. The molecule has 60 valence electrons. The van der Waals surface area contributed by atoms with Gasteiger partial charge >= 0.3 is 0 Å². The molecule has 0 spiro atoms. The van der Waals surface area contributed by atoms with E-state index in [4.69, 9.17) is 0 Å². The third-order valence-corrected chi connectivity index (χ3v) is 2.28. The Balaban J connectivity index is 3.21. The Hall–Kier alpha value is 0.150. The number of halogens is 1. The molecule has 0 N–H and O–H groups in total. The van der Waals surface area contributed by atoms with Crippen LogP contribution in [0.4, 0.5) is 0 Å². The molecule has 0 radical (unpaired) electrons. The highest BCUT2D eigenvalue weighted by atomic mass is 79.9. The summed E-state index contributed by atoms with van der Waals surface area (Å²) >= 11 is 3.35. The van der Waals surface area contributed by atoms with Gasteiger partial charge in [-0.25, -0.2) is 0 Å². The van der Waals surface area contributed by atoms with Gasteiger partial charge in [0.15, 0.2) is 0 Å². The fourth-order valence-corrected chi connectivity index (χ4v) is 1.14. The Morgan fingerprint density at radius 1 is 1.50 bits per heavy atom.